The summed E-state index contributed by atoms with van der Waals surface area (Å²) in [6.45, 7) is 1.81. The number of hydrogen-bond acceptors (Lipinski definition) is 5. The Morgan fingerprint density at radius 3 is 2.95 bits per heavy atom. The number of hydrogen-bond donors (Lipinski definition) is 1. The molecule has 7 nitrogen and oxygen atoms in total. The maximum atomic E-state index is 11.6. The fourth-order valence-electron chi connectivity index (χ4n) is 1.65. The van der Waals surface area contributed by atoms with E-state index < -0.39 is 17.5 Å². The number of nitrogens with one attached hydrogen (secondary N) is 1. The van der Waals surface area contributed by atoms with Crippen LogP contribution in [0.4, 0.5) is 0 Å². The minimum Gasteiger partial charge on any atom is -0.463 e. The van der Waals surface area contributed by atoms with Crippen molar-refractivity contribution in [1.82, 2.24) is 9.55 Å². The van der Waals surface area contributed by atoms with E-state index in [1.54, 1.807) is 19.1 Å². The van der Waals surface area contributed by atoms with Crippen LogP contribution in [0.1, 0.15) is 19.6 Å². The number of rotatable bonds is 4. The molecular formula is C12H14N2O5. The summed E-state index contributed by atoms with van der Waals surface area (Å²) in [7, 11) is 0. The number of carbonyl (C=O) groups is 1. The Labute approximate surface area is 108 Å². The number of H-pyrrole nitrogens is 1. The molecule has 0 fully saturated rings. The first-order valence-corrected chi connectivity index (χ1v) is 5.91. The van der Waals surface area contributed by atoms with Crippen LogP contribution in [0.3, 0.4) is 0 Å². The van der Waals surface area contributed by atoms with Crippen molar-refractivity contribution in [3.8, 4) is 0 Å². The molecule has 0 radical (unpaired) electrons. The van der Waals surface area contributed by atoms with Crippen molar-refractivity contribution >= 4 is 5.97 Å². The van der Waals surface area contributed by atoms with E-state index in [-0.39, 0.29) is 18.7 Å². The second-order valence-electron chi connectivity index (χ2n) is 4.00. The highest BCUT2D eigenvalue weighted by atomic mass is 16.6. The van der Waals surface area contributed by atoms with E-state index in [0.29, 0.717) is 6.42 Å². The first-order chi connectivity index (χ1) is 9.10. The van der Waals surface area contributed by atoms with Gasteiger partial charge >= 0.3 is 11.7 Å². The van der Waals surface area contributed by atoms with Crippen LogP contribution in [0.5, 0.6) is 0 Å². The van der Waals surface area contributed by atoms with Crippen LogP contribution in [0.25, 0.3) is 0 Å². The third kappa shape index (κ3) is 3.19. The number of nitrogens with zero attached hydrogens (tertiary/aromatic N) is 1. The van der Waals surface area contributed by atoms with Crippen LogP contribution < -0.4 is 11.2 Å². The Hall–Kier alpha value is -2.15. The smallest absolute Gasteiger partial charge is 0.330 e. The van der Waals surface area contributed by atoms with Gasteiger partial charge in [-0.1, -0.05) is 13.0 Å². The number of aromatic nitrogens is 2. The fraction of sp³-hybridized carbons (Fsp3) is 0.417. The summed E-state index contributed by atoms with van der Waals surface area (Å²) >= 11 is 0. The molecule has 0 saturated heterocycles. The molecular weight excluding hydrogens is 252 g/mol. The summed E-state index contributed by atoms with van der Waals surface area (Å²) in [4.78, 5) is 35.7. The Balaban J connectivity index is 1.99. The molecule has 7 heteroatoms. The van der Waals surface area contributed by atoms with Crippen molar-refractivity contribution in [2.24, 2.45) is 0 Å². The van der Waals surface area contributed by atoms with Gasteiger partial charge in [-0.05, 0) is 6.08 Å². The molecule has 1 aromatic rings. The van der Waals surface area contributed by atoms with E-state index in [4.69, 9.17) is 9.47 Å². The highest BCUT2D eigenvalue weighted by Crippen LogP contribution is 2.19. The second kappa shape index (κ2) is 5.66. The lowest BCUT2D eigenvalue weighted by molar-refractivity contribution is -0.147. The average Bonchev–Trinajstić information content (AvgIpc) is 2.84. The highest BCUT2D eigenvalue weighted by Gasteiger charge is 2.22. The van der Waals surface area contributed by atoms with Crippen LogP contribution in [0.2, 0.25) is 0 Å². The van der Waals surface area contributed by atoms with Crippen molar-refractivity contribution in [3.05, 3.63) is 45.3 Å². The van der Waals surface area contributed by atoms with Crippen molar-refractivity contribution in [1.29, 1.82) is 0 Å². The molecule has 0 saturated carbocycles. The maximum absolute atomic E-state index is 11.6. The standard InChI is InChI=1S/C12H14N2O5/c1-2-11(16)18-7-8-3-4-10(19-8)14-6-5-9(15)13-12(14)17/h3-6,8,10H,2,7H2,1H3,(H,13,15,17)/t8-,10+/m0/s1. The van der Waals surface area contributed by atoms with Crippen molar-refractivity contribution in [2.45, 2.75) is 25.7 Å². The normalized spacial score (nSPS) is 21.5. The third-order valence-corrected chi connectivity index (χ3v) is 2.63. The van der Waals surface area contributed by atoms with Gasteiger partial charge in [0.2, 0.25) is 0 Å². The SMILES string of the molecule is CCC(=O)OC[C@@H]1C=C[C@H](n2ccc(=O)[nH]c2=O)O1. The first kappa shape index (κ1) is 13.3. The zero-order valence-electron chi connectivity index (χ0n) is 10.4. The van der Waals surface area contributed by atoms with Gasteiger partial charge in [-0.25, -0.2) is 4.79 Å². The Bertz CT molecular complexity index is 601. The molecule has 0 spiro atoms. The van der Waals surface area contributed by atoms with Gasteiger partial charge < -0.3 is 9.47 Å². The van der Waals surface area contributed by atoms with Gasteiger partial charge in [0.15, 0.2) is 6.23 Å². The number of carbonyl (C=O) groups excluding carboxylic acids is 1. The second-order valence-corrected chi connectivity index (χ2v) is 4.00. The molecule has 1 aliphatic heterocycles. The summed E-state index contributed by atoms with van der Waals surface area (Å²) < 4.78 is 11.7. The lowest BCUT2D eigenvalue weighted by Gasteiger charge is -2.15. The van der Waals surface area contributed by atoms with E-state index >= 15 is 0 Å². The molecule has 1 aliphatic rings. The van der Waals surface area contributed by atoms with Gasteiger partial charge in [0.05, 0.1) is 0 Å². The highest BCUT2D eigenvalue weighted by molar-refractivity contribution is 5.68. The van der Waals surface area contributed by atoms with E-state index in [1.807, 2.05) is 0 Å². The topological polar surface area (TPSA) is 90.4 Å². The van der Waals surface area contributed by atoms with Gasteiger partial charge in [-0.2, -0.15) is 0 Å². The van der Waals surface area contributed by atoms with Gasteiger partial charge in [-0.15, -0.1) is 0 Å². The first-order valence-electron chi connectivity index (χ1n) is 5.91. The average molecular weight is 266 g/mol. The zero-order valence-corrected chi connectivity index (χ0v) is 10.4. The number of esters is 1. The molecule has 2 heterocycles. The van der Waals surface area contributed by atoms with Gasteiger partial charge in [0.25, 0.3) is 5.56 Å². The molecule has 0 aromatic carbocycles. The number of aromatic amines is 1. The predicted molar refractivity (Wildman–Crippen MR) is 65.6 cm³/mol. The lowest BCUT2D eigenvalue weighted by atomic mass is 10.3. The van der Waals surface area contributed by atoms with Gasteiger partial charge in [0.1, 0.15) is 12.7 Å². The van der Waals surface area contributed by atoms with Crippen LogP contribution >= 0.6 is 0 Å². The summed E-state index contributed by atoms with van der Waals surface area (Å²) in [6.07, 6.45) is 4.06. The van der Waals surface area contributed by atoms with E-state index in [0.717, 1.165) is 0 Å². The van der Waals surface area contributed by atoms with Crippen LogP contribution in [0, 0.1) is 0 Å². The summed E-state index contributed by atoms with van der Waals surface area (Å²) in [5.74, 6) is -0.304. The number of ether oxygens (including phenoxy) is 2. The van der Waals surface area contributed by atoms with Crippen LogP contribution in [0.15, 0.2) is 34.0 Å². The van der Waals surface area contributed by atoms with Crippen molar-refractivity contribution in [3.63, 3.8) is 0 Å². The maximum Gasteiger partial charge on any atom is 0.330 e. The minimum atomic E-state index is -0.602. The minimum absolute atomic E-state index is 0.109. The third-order valence-electron chi connectivity index (χ3n) is 2.63. The van der Waals surface area contributed by atoms with E-state index in [9.17, 15) is 14.4 Å². The molecule has 0 unspecified atom stereocenters. The molecule has 0 aliphatic carbocycles. The largest absolute Gasteiger partial charge is 0.463 e. The molecule has 102 valence electrons. The summed E-state index contributed by atoms with van der Waals surface area (Å²) in [5.41, 5.74) is -1.01. The predicted octanol–water partition coefficient (Wildman–Crippen LogP) is -0.0566. The van der Waals surface area contributed by atoms with Gasteiger partial charge in [0, 0.05) is 18.7 Å². The summed E-state index contributed by atoms with van der Waals surface area (Å²) in [6, 6.07) is 1.24. The molecule has 2 atom stereocenters. The van der Waals surface area contributed by atoms with Crippen LogP contribution in [-0.4, -0.2) is 28.2 Å². The zero-order chi connectivity index (χ0) is 13.8. The Kier molecular flexibility index (Phi) is 3.96. The Morgan fingerprint density at radius 1 is 1.47 bits per heavy atom. The molecule has 1 aromatic heterocycles. The van der Waals surface area contributed by atoms with E-state index in [1.165, 1.54) is 16.8 Å². The van der Waals surface area contributed by atoms with Crippen molar-refractivity contribution in [2.75, 3.05) is 6.61 Å². The quantitative estimate of drug-likeness (QED) is 0.609. The van der Waals surface area contributed by atoms with Crippen LogP contribution in [-0.2, 0) is 14.3 Å². The molecule has 2 rings (SSSR count). The molecule has 1 N–H and O–H groups in total. The van der Waals surface area contributed by atoms with E-state index in [2.05, 4.69) is 4.98 Å². The molecule has 19 heavy (non-hydrogen) atoms. The fourth-order valence-corrected chi connectivity index (χ4v) is 1.65. The molecule has 0 bridgehead atoms. The van der Waals surface area contributed by atoms with Crippen molar-refractivity contribution < 1.29 is 14.3 Å². The lowest BCUT2D eigenvalue weighted by Crippen LogP contribution is -2.32. The van der Waals surface area contributed by atoms with Gasteiger partial charge in [-0.3, -0.25) is 19.1 Å². The molecule has 0 amide bonds. The Morgan fingerprint density at radius 2 is 2.26 bits per heavy atom. The summed E-state index contributed by atoms with van der Waals surface area (Å²) in [5, 5.41) is 0. The monoisotopic (exact) mass is 266 g/mol.